The second-order valence-electron chi connectivity index (χ2n) is 8.95. The number of anilines is 2. The Kier molecular flexibility index (Phi) is 6.42. The molecular formula is C30H21IN2O5. The lowest BCUT2D eigenvalue weighted by Crippen LogP contribution is -2.37. The van der Waals surface area contributed by atoms with Crippen LogP contribution in [0.4, 0.5) is 11.4 Å². The van der Waals surface area contributed by atoms with E-state index in [1.165, 1.54) is 4.90 Å². The van der Waals surface area contributed by atoms with Crippen molar-refractivity contribution < 1.29 is 24.0 Å². The molecule has 3 atom stereocenters. The molecule has 2 saturated heterocycles. The summed E-state index contributed by atoms with van der Waals surface area (Å²) in [7, 11) is 0. The number of carbonyl (C=O) groups excluding carboxylic acids is 3. The molecule has 38 heavy (non-hydrogen) atoms. The lowest BCUT2D eigenvalue weighted by atomic mass is 9.90. The highest BCUT2D eigenvalue weighted by Gasteiger charge is 2.60. The zero-order valence-electron chi connectivity index (χ0n) is 19.9. The van der Waals surface area contributed by atoms with E-state index >= 15 is 0 Å². The molecule has 6 rings (SSSR count). The first-order valence-corrected chi connectivity index (χ1v) is 13.1. The van der Waals surface area contributed by atoms with Crippen molar-refractivity contribution in [2.45, 2.75) is 12.1 Å². The predicted molar refractivity (Wildman–Crippen MR) is 150 cm³/mol. The van der Waals surface area contributed by atoms with Crippen LogP contribution in [-0.4, -0.2) is 23.9 Å². The average molecular weight is 616 g/mol. The number of ether oxygens (including phenoxy) is 1. The van der Waals surface area contributed by atoms with Crippen LogP contribution in [-0.2, 0) is 14.4 Å². The minimum atomic E-state index is -0.959. The molecule has 0 aromatic heterocycles. The van der Waals surface area contributed by atoms with Gasteiger partial charge < -0.3 is 4.74 Å². The van der Waals surface area contributed by atoms with Crippen LogP contribution < -0.4 is 14.7 Å². The van der Waals surface area contributed by atoms with E-state index in [4.69, 9.17) is 9.57 Å². The largest absolute Gasteiger partial charge is 0.423 e. The van der Waals surface area contributed by atoms with Gasteiger partial charge in [-0.15, -0.1) is 0 Å². The molecule has 7 nitrogen and oxygen atoms in total. The van der Waals surface area contributed by atoms with Gasteiger partial charge in [-0.05, 0) is 76.7 Å². The lowest BCUT2D eigenvalue weighted by molar-refractivity contribution is -0.126. The number of halogens is 1. The van der Waals surface area contributed by atoms with E-state index in [1.807, 2.05) is 48.5 Å². The Balaban J connectivity index is 1.34. The molecule has 0 unspecified atom stereocenters. The van der Waals surface area contributed by atoms with Gasteiger partial charge >= 0.3 is 5.97 Å². The molecule has 2 amide bonds. The summed E-state index contributed by atoms with van der Waals surface area (Å²) in [5.41, 5.74) is 2.48. The zero-order valence-corrected chi connectivity index (χ0v) is 22.1. The molecule has 4 aromatic rings. The number of nitrogens with zero attached hydrogens (tertiary/aromatic N) is 2. The smallest absolute Gasteiger partial charge is 0.343 e. The summed E-state index contributed by atoms with van der Waals surface area (Å²) < 4.78 is 6.33. The predicted octanol–water partition coefficient (Wildman–Crippen LogP) is 5.56. The number of imide groups is 1. The quantitative estimate of drug-likeness (QED) is 0.127. The fourth-order valence-corrected chi connectivity index (χ4v) is 5.52. The minimum absolute atomic E-state index is 0.313. The number of esters is 1. The van der Waals surface area contributed by atoms with Crippen molar-refractivity contribution in [3.63, 3.8) is 0 Å². The molecule has 0 radical (unpaired) electrons. The molecule has 0 saturated carbocycles. The molecule has 2 fully saturated rings. The van der Waals surface area contributed by atoms with Gasteiger partial charge in [0.15, 0.2) is 6.10 Å². The van der Waals surface area contributed by atoms with E-state index in [0.717, 1.165) is 14.8 Å². The Morgan fingerprint density at radius 2 is 1.39 bits per heavy atom. The molecule has 2 aliphatic rings. The Hall–Kier alpha value is -4.02. The number of hydrogen-bond acceptors (Lipinski definition) is 6. The van der Waals surface area contributed by atoms with Crippen LogP contribution in [0.2, 0.25) is 0 Å². The summed E-state index contributed by atoms with van der Waals surface area (Å²) >= 11 is 2.12. The van der Waals surface area contributed by atoms with Crippen LogP contribution in [0.3, 0.4) is 0 Å². The van der Waals surface area contributed by atoms with Crippen LogP contribution in [0.15, 0.2) is 109 Å². The van der Waals surface area contributed by atoms with E-state index < -0.39 is 24.0 Å². The maximum absolute atomic E-state index is 13.8. The molecule has 0 N–H and O–H groups in total. The summed E-state index contributed by atoms with van der Waals surface area (Å²) in [5.74, 6) is -1.54. The average Bonchev–Trinajstić information content (AvgIpc) is 3.46. The second kappa shape index (κ2) is 10.0. The van der Waals surface area contributed by atoms with Crippen molar-refractivity contribution >= 4 is 51.7 Å². The Labute approximate surface area is 232 Å². The number of hydrogen-bond donors (Lipinski definition) is 0. The van der Waals surface area contributed by atoms with Gasteiger partial charge in [0.05, 0.1) is 23.0 Å². The maximum atomic E-state index is 13.8. The molecule has 0 spiro atoms. The van der Waals surface area contributed by atoms with Gasteiger partial charge in [-0.3, -0.25) is 14.4 Å². The Bertz CT molecular complexity index is 1510. The SMILES string of the molecule is O=C(Oc1ccc([C@@H]2[C@H]3C(=O)N(c4ccccc4I)C(=O)[C@@H]3ON2c2ccccc2)cc1)c1ccccc1. The summed E-state index contributed by atoms with van der Waals surface area (Å²) in [4.78, 5) is 47.2. The van der Waals surface area contributed by atoms with Crippen molar-refractivity contribution in [3.8, 4) is 5.75 Å². The van der Waals surface area contributed by atoms with Gasteiger partial charge in [-0.1, -0.05) is 60.7 Å². The fraction of sp³-hybridized carbons (Fsp3) is 0.100. The first kappa shape index (κ1) is 24.3. The molecule has 188 valence electrons. The first-order valence-electron chi connectivity index (χ1n) is 12.0. The molecule has 4 aromatic carbocycles. The molecular weight excluding hydrogens is 595 g/mol. The highest BCUT2D eigenvalue weighted by atomic mass is 127. The molecule has 0 aliphatic carbocycles. The Morgan fingerprint density at radius 1 is 0.763 bits per heavy atom. The van der Waals surface area contributed by atoms with Crippen LogP contribution in [0.5, 0.6) is 5.75 Å². The Morgan fingerprint density at radius 3 is 2.08 bits per heavy atom. The summed E-state index contributed by atoms with van der Waals surface area (Å²) in [6.45, 7) is 0. The van der Waals surface area contributed by atoms with Crippen LogP contribution in [0.25, 0.3) is 0 Å². The van der Waals surface area contributed by atoms with Crippen molar-refractivity contribution in [2.75, 3.05) is 9.96 Å². The molecule has 2 heterocycles. The highest BCUT2D eigenvalue weighted by Crippen LogP contribution is 2.48. The number of rotatable bonds is 5. The number of amides is 2. The van der Waals surface area contributed by atoms with E-state index in [2.05, 4.69) is 22.6 Å². The maximum Gasteiger partial charge on any atom is 0.343 e. The minimum Gasteiger partial charge on any atom is -0.423 e. The molecule has 0 bridgehead atoms. The highest BCUT2D eigenvalue weighted by molar-refractivity contribution is 14.1. The van der Waals surface area contributed by atoms with Crippen molar-refractivity contribution in [1.29, 1.82) is 0 Å². The zero-order chi connectivity index (χ0) is 26.2. The number of carbonyl (C=O) groups is 3. The summed E-state index contributed by atoms with van der Waals surface area (Å²) in [5, 5.41) is 1.64. The van der Waals surface area contributed by atoms with Gasteiger partial charge in [-0.2, -0.15) is 0 Å². The van der Waals surface area contributed by atoms with Crippen molar-refractivity contribution in [1.82, 2.24) is 0 Å². The van der Waals surface area contributed by atoms with E-state index in [-0.39, 0.29) is 11.8 Å². The number of hydroxylamine groups is 1. The standard InChI is InChI=1S/C30H21IN2O5/c31-23-13-7-8-14-24(23)32-28(34)25-26(33(38-27(25)29(32)35)21-11-5-2-6-12-21)19-15-17-22(18-16-19)37-30(36)20-9-3-1-4-10-20/h1-18,25-27H/t25-,26-,27-/m1/s1. The third kappa shape index (κ3) is 4.25. The summed E-state index contributed by atoms with van der Waals surface area (Å²) in [6, 6.07) is 31.8. The normalized spacial score (nSPS) is 20.5. The third-order valence-electron chi connectivity index (χ3n) is 6.66. The van der Waals surface area contributed by atoms with Crippen molar-refractivity contribution in [2.24, 2.45) is 5.92 Å². The lowest BCUT2D eigenvalue weighted by Gasteiger charge is -2.29. The van der Waals surface area contributed by atoms with Gasteiger partial charge in [-0.25, -0.2) is 14.8 Å². The van der Waals surface area contributed by atoms with E-state index in [1.54, 1.807) is 65.7 Å². The van der Waals surface area contributed by atoms with Gasteiger partial charge in [0.25, 0.3) is 5.91 Å². The fourth-order valence-electron chi connectivity index (χ4n) is 4.90. The number of benzene rings is 4. The van der Waals surface area contributed by atoms with E-state index in [9.17, 15) is 14.4 Å². The topological polar surface area (TPSA) is 76.2 Å². The van der Waals surface area contributed by atoms with Crippen LogP contribution >= 0.6 is 22.6 Å². The monoisotopic (exact) mass is 616 g/mol. The first-order chi connectivity index (χ1) is 18.5. The number of para-hydroxylation sites is 2. The van der Waals surface area contributed by atoms with Crippen LogP contribution in [0.1, 0.15) is 22.0 Å². The number of fused-ring (bicyclic) bond motifs is 1. The third-order valence-corrected chi connectivity index (χ3v) is 7.57. The van der Waals surface area contributed by atoms with Gasteiger partial charge in [0, 0.05) is 3.57 Å². The van der Waals surface area contributed by atoms with Crippen LogP contribution in [0, 0.1) is 9.49 Å². The van der Waals surface area contributed by atoms with Gasteiger partial charge in [0.1, 0.15) is 11.7 Å². The van der Waals surface area contributed by atoms with Crippen molar-refractivity contribution in [3.05, 3.63) is 124 Å². The van der Waals surface area contributed by atoms with Gasteiger partial charge in [0.2, 0.25) is 5.91 Å². The molecule has 8 heteroatoms. The molecule has 2 aliphatic heterocycles. The summed E-state index contributed by atoms with van der Waals surface area (Å²) in [6.07, 6.45) is -0.959. The second-order valence-corrected chi connectivity index (χ2v) is 10.1. The van der Waals surface area contributed by atoms with E-state index in [0.29, 0.717) is 17.0 Å².